The van der Waals surface area contributed by atoms with Crippen LogP contribution in [0.25, 0.3) is 0 Å². The highest BCUT2D eigenvalue weighted by atomic mass is 19.1. The molecule has 1 amide bonds. The number of hydrogen-bond acceptors (Lipinski definition) is 2. The number of hydrogen-bond donors (Lipinski definition) is 1. The molecule has 0 spiro atoms. The molecule has 1 aromatic carbocycles. The Labute approximate surface area is 129 Å². The van der Waals surface area contributed by atoms with Crippen LogP contribution >= 0.6 is 0 Å². The number of halogens is 1. The van der Waals surface area contributed by atoms with E-state index in [2.05, 4.69) is 10.3 Å². The number of carbonyl (C=O) groups is 1. The molecule has 4 nitrogen and oxygen atoms in total. The summed E-state index contributed by atoms with van der Waals surface area (Å²) in [6.45, 7) is 0. The van der Waals surface area contributed by atoms with Gasteiger partial charge in [-0.2, -0.15) is 0 Å². The summed E-state index contributed by atoms with van der Waals surface area (Å²) in [4.78, 5) is 16.8. The van der Waals surface area contributed by atoms with Crippen molar-refractivity contribution in [2.45, 2.75) is 31.7 Å². The van der Waals surface area contributed by atoms with Crippen molar-refractivity contribution in [3.8, 4) is 0 Å². The number of aryl methyl sites for hydroxylation is 1. The van der Waals surface area contributed by atoms with E-state index in [4.69, 9.17) is 0 Å². The van der Waals surface area contributed by atoms with Crippen LogP contribution in [0, 0.1) is 11.7 Å². The Morgan fingerprint density at radius 2 is 2.00 bits per heavy atom. The Morgan fingerprint density at radius 3 is 2.59 bits per heavy atom. The highest BCUT2D eigenvalue weighted by Gasteiger charge is 2.27. The van der Waals surface area contributed by atoms with Gasteiger partial charge in [0.1, 0.15) is 17.7 Å². The van der Waals surface area contributed by atoms with E-state index in [9.17, 15) is 9.18 Å². The van der Waals surface area contributed by atoms with Gasteiger partial charge in [0, 0.05) is 25.4 Å². The zero-order valence-corrected chi connectivity index (χ0v) is 12.6. The predicted molar refractivity (Wildman–Crippen MR) is 81.6 cm³/mol. The van der Waals surface area contributed by atoms with Crippen LogP contribution in [0.1, 0.15) is 43.1 Å². The van der Waals surface area contributed by atoms with Crippen molar-refractivity contribution >= 4 is 5.91 Å². The first-order valence-corrected chi connectivity index (χ1v) is 7.68. The molecule has 1 aliphatic carbocycles. The summed E-state index contributed by atoms with van der Waals surface area (Å²) in [7, 11) is 1.89. The third kappa shape index (κ3) is 3.03. The molecule has 1 N–H and O–H groups in total. The first-order chi connectivity index (χ1) is 10.6. The maximum Gasteiger partial charge on any atom is 0.223 e. The van der Waals surface area contributed by atoms with E-state index in [0.717, 1.165) is 37.1 Å². The van der Waals surface area contributed by atoms with Crippen molar-refractivity contribution in [1.29, 1.82) is 0 Å². The molecule has 2 aromatic rings. The van der Waals surface area contributed by atoms with Crippen molar-refractivity contribution < 1.29 is 9.18 Å². The van der Waals surface area contributed by atoms with E-state index in [0.29, 0.717) is 0 Å². The fourth-order valence-electron chi connectivity index (χ4n) is 3.06. The number of nitrogens with zero attached hydrogens (tertiary/aromatic N) is 2. The van der Waals surface area contributed by atoms with Crippen molar-refractivity contribution in [1.82, 2.24) is 14.9 Å². The number of amides is 1. The molecular formula is C17H20FN3O. The van der Waals surface area contributed by atoms with Crippen LogP contribution in [0.2, 0.25) is 0 Å². The van der Waals surface area contributed by atoms with E-state index >= 15 is 0 Å². The molecule has 0 radical (unpaired) electrons. The lowest BCUT2D eigenvalue weighted by Gasteiger charge is -2.21. The van der Waals surface area contributed by atoms with Gasteiger partial charge in [0.25, 0.3) is 0 Å². The average Bonchev–Trinajstić information content (AvgIpc) is 3.17. The molecule has 0 saturated heterocycles. The third-order valence-corrected chi connectivity index (χ3v) is 4.33. The van der Waals surface area contributed by atoms with Gasteiger partial charge in [0.15, 0.2) is 0 Å². The Balaban J connectivity index is 1.87. The third-order valence-electron chi connectivity index (χ3n) is 4.33. The van der Waals surface area contributed by atoms with E-state index in [1.54, 1.807) is 18.3 Å². The largest absolute Gasteiger partial charge is 0.342 e. The summed E-state index contributed by atoms with van der Waals surface area (Å²) >= 11 is 0. The molecular weight excluding hydrogens is 281 g/mol. The normalized spacial score (nSPS) is 16.6. The molecule has 116 valence electrons. The second-order valence-corrected chi connectivity index (χ2v) is 5.87. The summed E-state index contributed by atoms with van der Waals surface area (Å²) in [5.41, 5.74) is 0.835. The molecule has 1 atom stereocenters. The lowest BCUT2D eigenvalue weighted by Crippen LogP contribution is -2.34. The molecule has 1 aliphatic rings. The smallest absolute Gasteiger partial charge is 0.223 e. The zero-order valence-electron chi connectivity index (χ0n) is 12.6. The fraction of sp³-hybridized carbons (Fsp3) is 0.412. The van der Waals surface area contributed by atoms with Crippen molar-refractivity contribution in [3.05, 3.63) is 53.9 Å². The minimum Gasteiger partial charge on any atom is -0.342 e. The van der Waals surface area contributed by atoms with Gasteiger partial charge in [0.05, 0.1) is 0 Å². The SMILES string of the molecule is Cn1ccnc1[C@H](NC(=O)C1CCCC1)c1ccc(F)cc1. The molecule has 1 saturated carbocycles. The summed E-state index contributed by atoms with van der Waals surface area (Å²) in [6, 6.07) is 5.86. The Morgan fingerprint density at radius 1 is 1.32 bits per heavy atom. The monoisotopic (exact) mass is 301 g/mol. The van der Waals surface area contributed by atoms with Crippen molar-refractivity contribution in [3.63, 3.8) is 0 Å². The molecule has 1 heterocycles. The van der Waals surface area contributed by atoms with E-state index < -0.39 is 0 Å². The van der Waals surface area contributed by atoms with Gasteiger partial charge in [-0.15, -0.1) is 0 Å². The van der Waals surface area contributed by atoms with Gasteiger partial charge in [-0.3, -0.25) is 4.79 Å². The van der Waals surface area contributed by atoms with Crippen LogP contribution in [-0.4, -0.2) is 15.5 Å². The average molecular weight is 301 g/mol. The fourth-order valence-corrected chi connectivity index (χ4v) is 3.06. The van der Waals surface area contributed by atoms with Crippen LogP contribution in [0.3, 0.4) is 0 Å². The molecule has 1 fully saturated rings. The van der Waals surface area contributed by atoms with Crippen LogP contribution in [0.4, 0.5) is 4.39 Å². The van der Waals surface area contributed by atoms with Crippen molar-refractivity contribution in [2.75, 3.05) is 0 Å². The minimum absolute atomic E-state index is 0.0647. The number of nitrogens with one attached hydrogen (secondary N) is 1. The summed E-state index contributed by atoms with van der Waals surface area (Å²) < 4.78 is 15.0. The maximum absolute atomic E-state index is 13.2. The summed E-state index contributed by atoms with van der Waals surface area (Å²) in [5.74, 6) is 0.612. The van der Waals surface area contributed by atoms with E-state index in [1.807, 2.05) is 17.8 Å². The number of aromatic nitrogens is 2. The first kappa shape index (κ1) is 14.8. The quantitative estimate of drug-likeness (QED) is 0.944. The zero-order chi connectivity index (χ0) is 15.5. The number of carbonyl (C=O) groups excluding carboxylic acids is 1. The van der Waals surface area contributed by atoms with Gasteiger partial charge in [0.2, 0.25) is 5.91 Å². The van der Waals surface area contributed by atoms with Gasteiger partial charge >= 0.3 is 0 Å². The molecule has 5 heteroatoms. The summed E-state index contributed by atoms with van der Waals surface area (Å²) in [6.07, 6.45) is 7.66. The number of benzene rings is 1. The maximum atomic E-state index is 13.2. The standard InChI is InChI=1S/C17H20FN3O/c1-21-11-10-19-16(21)15(12-6-8-14(18)9-7-12)20-17(22)13-4-2-3-5-13/h6-11,13,15H,2-5H2,1H3,(H,20,22)/t15-/m1/s1. The van der Waals surface area contributed by atoms with Crippen LogP contribution in [0.5, 0.6) is 0 Å². The highest BCUT2D eigenvalue weighted by molar-refractivity contribution is 5.79. The Bertz CT molecular complexity index is 644. The van der Waals surface area contributed by atoms with E-state index in [1.165, 1.54) is 12.1 Å². The predicted octanol–water partition coefficient (Wildman–Crippen LogP) is 2.96. The lowest BCUT2D eigenvalue weighted by atomic mass is 10.0. The molecule has 0 aliphatic heterocycles. The van der Waals surface area contributed by atoms with Crippen LogP contribution in [0.15, 0.2) is 36.7 Å². The number of imidazole rings is 1. The molecule has 22 heavy (non-hydrogen) atoms. The second kappa shape index (κ2) is 6.30. The second-order valence-electron chi connectivity index (χ2n) is 5.87. The lowest BCUT2D eigenvalue weighted by molar-refractivity contribution is -0.125. The highest BCUT2D eigenvalue weighted by Crippen LogP contribution is 2.27. The molecule has 1 aromatic heterocycles. The van der Waals surface area contributed by atoms with Gasteiger partial charge in [-0.1, -0.05) is 25.0 Å². The Kier molecular flexibility index (Phi) is 4.22. The minimum atomic E-state index is -0.353. The van der Waals surface area contributed by atoms with Gasteiger partial charge in [-0.25, -0.2) is 9.37 Å². The first-order valence-electron chi connectivity index (χ1n) is 7.68. The van der Waals surface area contributed by atoms with E-state index in [-0.39, 0.29) is 23.7 Å². The molecule has 0 bridgehead atoms. The summed E-state index contributed by atoms with van der Waals surface area (Å²) in [5, 5.41) is 3.09. The van der Waals surface area contributed by atoms with Crippen LogP contribution in [-0.2, 0) is 11.8 Å². The topological polar surface area (TPSA) is 46.9 Å². The van der Waals surface area contributed by atoms with Crippen molar-refractivity contribution in [2.24, 2.45) is 13.0 Å². The van der Waals surface area contributed by atoms with Gasteiger partial charge < -0.3 is 9.88 Å². The Hall–Kier alpha value is -2.17. The number of rotatable bonds is 4. The van der Waals surface area contributed by atoms with Crippen LogP contribution < -0.4 is 5.32 Å². The molecule has 0 unspecified atom stereocenters. The van der Waals surface area contributed by atoms with Gasteiger partial charge in [-0.05, 0) is 30.5 Å². The molecule has 3 rings (SSSR count).